The van der Waals surface area contributed by atoms with Gasteiger partial charge in [0, 0.05) is 22.1 Å². The highest BCUT2D eigenvalue weighted by molar-refractivity contribution is 6.22. The summed E-state index contributed by atoms with van der Waals surface area (Å²) in [6, 6.07) is 63.4. The summed E-state index contributed by atoms with van der Waals surface area (Å²) in [4.78, 5) is 15.6. The fraction of sp³-hybridized carbons (Fsp3) is 0.0217. The zero-order chi connectivity index (χ0) is 33.3. The molecule has 1 unspecified atom stereocenters. The van der Waals surface area contributed by atoms with Crippen LogP contribution >= 0.6 is 0 Å². The first-order valence-corrected chi connectivity index (χ1v) is 16.9. The third-order valence-corrected chi connectivity index (χ3v) is 9.35. The number of aliphatic imine (C=N–C) groups is 2. The Morgan fingerprint density at radius 1 is 0.440 bits per heavy atom. The third kappa shape index (κ3) is 5.53. The van der Waals surface area contributed by atoms with E-state index in [1.165, 1.54) is 11.1 Å². The molecule has 1 aromatic heterocycles. The fourth-order valence-electron chi connectivity index (χ4n) is 6.86. The second kappa shape index (κ2) is 12.8. The molecule has 0 radical (unpaired) electrons. The Kier molecular flexibility index (Phi) is 7.52. The maximum atomic E-state index is 5.23. The van der Waals surface area contributed by atoms with E-state index in [0.29, 0.717) is 5.84 Å². The molecule has 4 heteroatoms. The standard InChI is InChI=1S/C46H32N4/c1-5-14-31(15-6-1)32-24-26-36(27-25-32)45-48-44(35-20-11-4-12-21-35)49-46(50-45)39-23-13-22-38-37(39)28-29-41-43(38)40(33-16-7-2-8-17-33)30-42(47-41)34-18-9-3-10-19-34/h1-30,44H,(H,48,49,50). The topological polar surface area (TPSA) is 49.6 Å². The molecule has 1 atom stereocenters. The molecule has 0 saturated heterocycles. The van der Waals surface area contributed by atoms with Crippen LogP contribution in [0.15, 0.2) is 192 Å². The Morgan fingerprint density at radius 3 is 1.74 bits per heavy atom. The lowest BCUT2D eigenvalue weighted by Gasteiger charge is -2.24. The van der Waals surface area contributed by atoms with Gasteiger partial charge in [-0.3, -0.25) is 0 Å². The lowest BCUT2D eigenvalue weighted by atomic mass is 9.93. The number of amidine groups is 2. The Balaban J connectivity index is 1.22. The Hall–Kier alpha value is -6.65. The first-order valence-electron chi connectivity index (χ1n) is 16.9. The minimum Gasteiger partial charge on any atom is -0.344 e. The number of benzene rings is 7. The number of nitrogens with zero attached hydrogens (tertiary/aromatic N) is 3. The van der Waals surface area contributed by atoms with Crippen molar-refractivity contribution in [3.8, 4) is 33.5 Å². The van der Waals surface area contributed by atoms with Crippen LogP contribution in [-0.2, 0) is 0 Å². The predicted molar refractivity (Wildman–Crippen MR) is 207 cm³/mol. The van der Waals surface area contributed by atoms with Crippen LogP contribution in [0.1, 0.15) is 22.9 Å². The lowest BCUT2D eigenvalue weighted by Crippen LogP contribution is -2.33. The van der Waals surface area contributed by atoms with Gasteiger partial charge in [-0.1, -0.05) is 170 Å². The van der Waals surface area contributed by atoms with Gasteiger partial charge < -0.3 is 5.32 Å². The number of pyridine rings is 1. The fourth-order valence-corrected chi connectivity index (χ4v) is 6.86. The zero-order valence-corrected chi connectivity index (χ0v) is 27.2. The zero-order valence-electron chi connectivity index (χ0n) is 27.2. The average Bonchev–Trinajstić information content (AvgIpc) is 3.21. The van der Waals surface area contributed by atoms with E-state index in [0.717, 1.165) is 66.6 Å². The van der Waals surface area contributed by atoms with Crippen LogP contribution in [0, 0.1) is 0 Å². The molecule has 0 amide bonds. The third-order valence-electron chi connectivity index (χ3n) is 9.35. The molecule has 9 rings (SSSR count). The summed E-state index contributed by atoms with van der Waals surface area (Å²) in [6.07, 6.45) is -0.293. The number of hydrogen-bond acceptors (Lipinski definition) is 4. The number of nitrogens with one attached hydrogen (secondary N) is 1. The van der Waals surface area contributed by atoms with Gasteiger partial charge in [0.15, 0.2) is 5.84 Å². The first-order chi connectivity index (χ1) is 24.8. The van der Waals surface area contributed by atoms with Gasteiger partial charge in [-0.05, 0) is 50.7 Å². The number of hydrogen-bond donors (Lipinski definition) is 1. The molecule has 2 heterocycles. The predicted octanol–water partition coefficient (Wildman–Crippen LogP) is 10.9. The Labute approximate surface area is 291 Å². The van der Waals surface area contributed by atoms with Crippen LogP contribution in [0.4, 0.5) is 0 Å². The summed E-state index contributed by atoms with van der Waals surface area (Å²) in [5, 5.41) is 6.95. The minimum absolute atomic E-state index is 0.293. The molecule has 50 heavy (non-hydrogen) atoms. The molecule has 1 aliphatic heterocycles. The van der Waals surface area contributed by atoms with Gasteiger partial charge >= 0.3 is 0 Å². The van der Waals surface area contributed by atoms with Crippen molar-refractivity contribution in [1.29, 1.82) is 0 Å². The smallest absolute Gasteiger partial charge is 0.160 e. The van der Waals surface area contributed by atoms with Crippen molar-refractivity contribution in [1.82, 2.24) is 10.3 Å². The van der Waals surface area contributed by atoms with Gasteiger partial charge in [0.2, 0.25) is 0 Å². The second-order valence-corrected chi connectivity index (χ2v) is 12.5. The van der Waals surface area contributed by atoms with E-state index >= 15 is 0 Å². The second-order valence-electron chi connectivity index (χ2n) is 12.5. The van der Waals surface area contributed by atoms with Gasteiger partial charge in [-0.2, -0.15) is 0 Å². The molecule has 0 spiro atoms. The van der Waals surface area contributed by atoms with E-state index < -0.39 is 0 Å². The van der Waals surface area contributed by atoms with E-state index in [2.05, 4.69) is 169 Å². The van der Waals surface area contributed by atoms with E-state index in [4.69, 9.17) is 15.0 Å². The van der Waals surface area contributed by atoms with Crippen LogP contribution in [-0.4, -0.2) is 16.7 Å². The molecule has 4 nitrogen and oxygen atoms in total. The van der Waals surface area contributed by atoms with Crippen molar-refractivity contribution in [3.05, 3.63) is 199 Å². The van der Waals surface area contributed by atoms with Crippen LogP contribution in [0.5, 0.6) is 0 Å². The molecule has 0 aliphatic carbocycles. The molecule has 1 aliphatic rings. The van der Waals surface area contributed by atoms with Crippen molar-refractivity contribution < 1.29 is 0 Å². The number of fused-ring (bicyclic) bond motifs is 3. The summed E-state index contributed by atoms with van der Waals surface area (Å²) < 4.78 is 0. The summed E-state index contributed by atoms with van der Waals surface area (Å²) in [6.45, 7) is 0. The molecule has 1 N–H and O–H groups in total. The normalized spacial score (nSPS) is 14.2. The molecule has 0 bridgehead atoms. The van der Waals surface area contributed by atoms with Gasteiger partial charge in [0.05, 0.1) is 11.2 Å². The largest absolute Gasteiger partial charge is 0.344 e. The SMILES string of the molecule is c1ccc(-c2ccc(C3=NC(c4cccc5c4ccc4nc(-c6ccccc6)cc(-c6ccccc6)c45)=NC(c4ccccc4)N3)cc2)cc1. The van der Waals surface area contributed by atoms with Gasteiger partial charge in [-0.25, -0.2) is 15.0 Å². The summed E-state index contributed by atoms with van der Waals surface area (Å²) >= 11 is 0. The van der Waals surface area contributed by atoms with E-state index in [9.17, 15) is 0 Å². The van der Waals surface area contributed by atoms with Crippen LogP contribution in [0.3, 0.4) is 0 Å². The van der Waals surface area contributed by atoms with Gasteiger partial charge in [0.1, 0.15) is 12.0 Å². The Morgan fingerprint density at radius 2 is 1.04 bits per heavy atom. The number of aromatic nitrogens is 1. The van der Waals surface area contributed by atoms with Crippen molar-refractivity contribution in [2.45, 2.75) is 6.17 Å². The monoisotopic (exact) mass is 640 g/mol. The first kappa shape index (κ1) is 29.5. The Bertz CT molecular complexity index is 2530. The molecule has 7 aromatic carbocycles. The van der Waals surface area contributed by atoms with E-state index in [1.807, 2.05) is 18.2 Å². The molecular weight excluding hydrogens is 609 g/mol. The van der Waals surface area contributed by atoms with E-state index in [-0.39, 0.29) is 6.17 Å². The highest BCUT2D eigenvalue weighted by atomic mass is 15.2. The van der Waals surface area contributed by atoms with Crippen LogP contribution in [0.2, 0.25) is 0 Å². The molecule has 236 valence electrons. The van der Waals surface area contributed by atoms with Crippen molar-refractivity contribution in [2.75, 3.05) is 0 Å². The van der Waals surface area contributed by atoms with E-state index in [1.54, 1.807) is 0 Å². The van der Waals surface area contributed by atoms with Crippen molar-refractivity contribution >= 4 is 33.3 Å². The van der Waals surface area contributed by atoms with Crippen molar-refractivity contribution in [3.63, 3.8) is 0 Å². The summed E-state index contributed by atoms with van der Waals surface area (Å²) in [5.74, 6) is 1.49. The lowest BCUT2D eigenvalue weighted by molar-refractivity contribution is 0.674. The highest BCUT2D eigenvalue weighted by Gasteiger charge is 2.23. The number of rotatable bonds is 6. The van der Waals surface area contributed by atoms with Gasteiger partial charge in [-0.15, -0.1) is 0 Å². The molecule has 0 saturated carbocycles. The van der Waals surface area contributed by atoms with Crippen LogP contribution < -0.4 is 5.32 Å². The maximum absolute atomic E-state index is 5.23. The molecule has 8 aromatic rings. The summed E-state index contributed by atoms with van der Waals surface area (Å²) in [5.41, 5.74) is 10.7. The average molecular weight is 641 g/mol. The maximum Gasteiger partial charge on any atom is 0.160 e. The minimum atomic E-state index is -0.293. The van der Waals surface area contributed by atoms with Crippen molar-refractivity contribution in [2.24, 2.45) is 9.98 Å². The molecular formula is C46H32N4. The van der Waals surface area contributed by atoms with Gasteiger partial charge in [0.25, 0.3) is 0 Å². The van der Waals surface area contributed by atoms with Crippen LogP contribution in [0.25, 0.3) is 55.2 Å². The summed E-state index contributed by atoms with van der Waals surface area (Å²) in [7, 11) is 0. The quantitative estimate of drug-likeness (QED) is 0.184. The molecule has 0 fully saturated rings. The highest BCUT2D eigenvalue weighted by Crippen LogP contribution is 2.38.